The number of nitrogens with one attached hydrogen (secondary N) is 1. The molecule has 144 valence electrons. The molecule has 0 aliphatic carbocycles. The fourth-order valence-electron chi connectivity index (χ4n) is 2.35. The highest BCUT2D eigenvalue weighted by atomic mass is 79.9. The zero-order valence-corrected chi connectivity index (χ0v) is 17.6. The Morgan fingerprint density at radius 2 is 2.00 bits per heavy atom. The Labute approximate surface area is 177 Å². The Bertz CT molecular complexity index is 1040. The molecule has 2 aromatic carbocycles. The van der Waals surface area contributed by atoms with Crippen LogP contribution in [0.3, 0.4) is 0 Å². The van der Waals surface area contributed by atoms with E-state index in [0.29, 0.717) is 16.7 Å². The summed E-state index contributed by atoms with van der Waals surface area (Å²) in [4.78, 5) is 22.5. The molecule has 0 bridgehead atoms. The van der Waals surface area contributed by atoms with Gasteiger partial charge in [-0.25, -0.2) is 0 Å². The molecule has 0 unspecified atom stereocenters. The van der Waals surface area contributed by atoms with Crippen molar-refractivity contribution in [1.29, 1.82) is 0 Å². The summed E-state index contributed by atoms with van der Waals surface area (Å²) in [5, 5.41) is 22.4. The third-order valence-corrected chi connectivity index (χ3v) is 5.56. The monoisotopic (exact) mass is 481 g/mol. The summed E-state index contributed by atoms with van der Waals surface area (Å²) in [6.45, 7) is 0. The lowest BCUT2D eigenvalue weighted by Crippen LogP contribution is -2.14. The third-order valence-electron chi connectivity index (χ3n) is 3.70. The van der Waals surface area contributed by atoms with Gasteiger partial charge in [-0.3, -0.25) is 14.9 Å². The highest BCUT2D eigenvalue weighted by molar-refractivity contribution is 9.10. The molecule has 0 saturated heterocycles. The maximum atomic E-state index is 12.2. The first kappa shape index (κ1) is 20.3. The summed E-state index contributed by atoms with van der Waals surface area (Å²) in [6, 6.07) is 11.8. The highest BCUT2D eigenvalue weighted by Gasteiger charge is 2.16. The summed E-state index contributed by atoms with van der Waals surface area (Å²) in [5.41, 5.74) is 0.942. The van der Waals surface area contributed by atoms with Crippen molar-refractivity contribution in [1.82, 2.24) is 14.8 Å². The SMILES string of the molecule is Cn1c(SCC(=O)Nc2ccc(Cl)c([N+](=O)[O-])c2)nnc1-c1ccc(Br)cc1. The van der Waals surface area contributed by atoms with Crippen LogP contribution >= 0.6 is 39.3 Å². The smallest absolute Gasteiger partial charge is 0.289 e. The summed E-state index contributed by atoms with van der Waals surface area (Å²) >= 11 is 10.4. The first-order valence-corrected chi connectivity index (χ1v) is 10.0. The molecular formula is C17H13BrClN5O3S. The number of aromatic nitrogens is 3. The Kier molecular flexibility index (Phi) is 6.32. The van der Waals surface area contributed by atoms with Crippen LogP contribution in [0.5, 0.6) is 0 Å². The van der Waals surface area contributed by atoms with E-state index < -0.39 is 4.92 Å². The maximum Gasteiger partial charge on any atom is 0.289 e. The highest BCUT2D eigenvalue weighted by Crippen LogP contribution is 2.28. The number of carbonyl (C=O) groups excluding carboxylic acids is 1. The van der Waals surface area contributed by atoms with Crippen molar-refractivity contribution >= 4 is 56.6 Å². The molecule has 11 heteroatoms. The molecule has 3 rings (SSSR count). The van der Waals surface area contributed by atoms with Gasteiger partial charge in [0.2, 0.25) is 5.91 Å². The van der Waals surface area contributed by atoms with Crippen LogP contribution in [0.2, 0.25) is 5.02 Å². The number of halogens is 2. The van der Waals surface area contributed by atoms with E-state index in [1.54, 1.807) is 4.57 Å². The topological polar surface area (TPSA) is 103 Å². The number of rotatable bonds is 6. The molecule has 0 spiro atoms. The zero-order valence-electron chi connectivity index (χ0n) is 14.4. The molecule has 1 heterocycles. The van der Waals surface area contributed by atoms with Crippen LogP contribution in [0.4, 0.5) is 11.4 Å². The predicted octanol–water partition coefficient (Wildman–Crippen LogP) is 4.54. The Hall–Kier alpha value is -2.43. The second-order valence-corrected chi connectivity index (χ2v) is 7.90. The average Bonchev–Trinajstić information content (AvgIpc) is 3.02. The second kappa shape index (κ2) is 8.72. The molecule has 1 N–H and O–H groups in total. The average molecular weight is 483 g/mol. The van der Waals surface area contributed by atoms with E-state index in [2.05, 4.69) is 31.4 Å². The molecule has 0 aliphatic heterocycles. The van der Waals surface area contributed by atoms with Crippen molar-refractivity contribution in [3.05, 3.63) is 62.1 Å². The normalized spacial score (nSPS) is 10.7. The quantitative estimate of drug-likeness (QED) is 0.314. The van der Waals surface area contributed by atoms with E-state index >= 15 is 0 Å². The lowest BCUT2D eigenvalue weighted by Gasteiger charge is -2.06. The number of thioether (sulfide) groups is 1. The van der Waals surface area contributed by atoms with Crippen molar-refractivity contribution in [2.45, 2.75) is 5.16 Å². The summed E-state index contributed by atoms with van der Waals surface area (Å²) < 4.78 is 2.76. The Morgan fingerprint density at radius 3 is 2.68 bits per heavy atom. The number of hydrogen-bond acceptors (Lipinski definition) is 6. The van der Waals surface area contributed by atoms with Gasteiger partial charge in [-0.15, -0.1) is 10.2 Å². The van der Waals surface area contributed by atoms with Crippen molar-refractivity contribution in [3.63, 3.8) is 0 Å². The number of nitro benzene ring substituents is 1. The molecule has 1 amide bonds. The van der Waals surface area contributed by atoms with E-state index in [-0.39, 0.29) is 22.4 Å². The van der Waals surface area contributed by atoms with Crippen LogP contribution in [0.25, 0.3) is 11.4 Å². The number of amides is 1. The molecule has 28 heavy (non-hydrogen) atoms. The predicted molar refractivity (Wildman–Crippen MR) is 112 cm³/mol. The van der Waals surface area contributed by atoms with Crippen molar-refractivity contribution in [3.8, 4) is 11.4 Å². The van der Waals surface area contributed by atoms with Gasteiger partial charge in [0.05, 0.1) is 10.7 Å². The van der Waals surface area contributed by atoms with Gasteiger partial charge in [-0.05, 0) is 24.3 Å². The van der Waals surface area contributed by atoms with Gasteiger partial charge in [0.25, 0.3) is 5.69 Å². The summed E-state index contributed by atoms with van der Waals surface area (Å²) in [5.74, 6) is 0.432. The van der Waals surface area contributed by atoms with Gasteiger partial charge in [-0.1, -0.05) is 51.4 Å². The van der Waals surface area contributed by atoms with E-state index in [1.165, 1.54) is 30.0 Å². The number of carbonyl (C=O) groups is 1. The van der Waals surface area contributed by atoms with Crippen LogP contribution < -0.4 is 5.32 Å². The van der Waals surface area contributed by atoms with Gasteiger partial charge in [0.15, 0.2) is 11.0 Å². The van der Waals surface area contributed by atoms with E-state index in [4.69, 9.17) is 11.6 Å². The van der Waals surface area contributed by atoms with Crippen LogP contribution in [0.1, 0.15) is 0 Å². The molecule has 0 aliphatic rings. The zero-order chi connectivity index (χ0) is 20.3. The minimum Gasteiger partial charge on any atom is -0.325 e. The van der Waals surface area contributed by atoms with Crippen molar-refractivity contribution in [2.24, 2.45) is 7.05 Å². The molecule has 0 saturated carbocycles. The van der Waals surface area contributed by atoms with E-state index in [0.717, 1.165) is 10.0 Å². The van der Waals surface area contributed by atoms with Crippen molar-refractivity contribution < 1.29 is 9.72 Å². The maximum absolute atomic E-state index is 12.2. The van der Waals surface area contributed by atoms with Crippen LogP contribution in [0, 0.1) is 10.1 Å². The van der Waals surface area contributed by atoms with Crippen LogP contribution in [-0.4, -0.2) is 31.3 Å². The number of benzene rings is 2. The summed E-state index contributed by atoms with van der Waals surface area (Å²) in [7, 11) is 1.82. The summed E-state index contributed by atoms with van der Waals surface area (Å²) in [6.07, 6.45) is 0. The largest absolute Gasteiger partial charge is 0.325 e. The standard InChI is InChI=1S/C17H13BrClN5O3S/c1-23-16(10-2-4-11(18)5-3-10)21-22-17(23)28-9-15(25)20-12-6-7-13(19)14(8-12)24(26)27/h2-8H,9H2,1H3,(H,20,25). The minimum absolute atomic E-state index is 0.0110. The van der Waals surface area contributed by atoms with Gasteiger partial charge in [-0.2, -0.15) is 0 Å². The minimum atomic E-state index is -0.601. The van der Waals surface area contributed by atoms with Gasteiger partial charge < -0.3 is 9.88 Å². The molecule has 3 aromatic rings. The number of nitrogens with zero attached hydrogens (tertiary/aromatic N) is 4. The number of nitro groups is 1. The number of hydrogen-bond donors (Lipinski definition) is 1. The Balaban J connectivity index is 1.65. The van der Waals surface area contributed by atoms with Gasteiger partial charge in [0, 0.05) is 28.8 Å². The molecular weight excluding hydrogens is 470 g/mol. The lowest BCUT2D eigenvalue weighted by molar-refractivity contribution is -0.384. The molecule has 8 nitrogen and oxygen atoms in total. The van der Waals surface area contributed by atoms with Gasteiger partial charge >= 0.3 is 0 Å². The van der Waals surface area contributed by atoms with Crippen LogP contribution in [-0.2, 0) is 11.8 Å². The lowest BCUT2D eigenvalue weighted by atomic mass is 10.2. The third kappa shape index (κ3) is 4.70. The second-order valence-electron chi connectivity index (χ2n) is 5.63. The Morgan fingerprint density at radius 1 is 1.29 bits per heavy atom. The molecule has 1 aromatic heterocycles. The molecule has 0 atom stereocenters. The first-order valence-electron chi connectivity index (χ1n) is 7.87. The van der Waals surface area contributed by atoms with Gasteiger partial charge in [0.1, 0.15) is 5.02 Å². The number of anilines is 1. The van der Waals surface area contributed by atoms with E-state index in [1.807, 2.05) is 31.3 Å². The first-order chi connectivity index (χ1) is 13.3. The fraction of sp³-hybridized carbons (Fsp3) is 0.118. The van der Waals surface area contributed by atoms with Crippen LogP contribution in [0.15, 0.2) is 52.1 Å². The molecule has 0 fully saturated rings. The van der Waals surface area contributed by atoms with Crippen molar-refractivity contribution in [2.75, 3.05) is 11.1 Å². The van der Waals surface area contributed by atoms with E-state index in [9.17, 15) is 14.9 Å². The molecule has 0 radical (unpaired) electrons. The fourth-order valence-corrected chi connectivity index (χ4v) is 3.51.